The lowest BCUT2D eigenvalue weighted by Gasteiger charge is -2.40. The molecule has 0 bridgehead atoms. The first-order valence-corrected chi connectivity index (χ1v) is 7.09. The summed E-state index contributed by atoms with van der Waals surface area (Å²) in [7, 11) is 1.89. The van der Waals surface area contributed by atoms with Crippen molar-refractivity contribution >= 4 is 5.91 Å². The van der Waals surface area contributed by atoms with Crippen molar-refractivity contribution in [2.75, 3.05) is 26.2 Å². The van der Waals surface area contributed by atoms with Gasteiger partial charge in [-0.05, 0) is 32.7 Å². The summed E-state index contributed by atoms with van der Waals surface area (Å²) < 4.78 is 1.84. The number of carbonyl (C=O) groups is 1. The molecule has 0 saturated carbocycles. The third-order valence-corrected chi connectivity index (χ3v) is 4.60. The molecule has 0 unspecified atom stereocenters. The number of piperidine rings is 1. The zero-order chi connectivity index (χ0) is 13.5. The van der Waals surface area contributed by atoms with Crippen LogP contribution in [-0.2, 0) is 7.05 Å². The largest absolute Gasteiger partial charge is 0.337 e. The molecular formula is C14H22N4O. The van der Waals surface area contributed by atoms with Gasteiger partial charge in [-0.25, -0.2) is 4.98 Å². The highest BCUT2D eigenvalue weighted by Crippen LogP contribution is 2.36. The number of nitrogens with one attached hydrogen (secondary N) is 1. The van der Waals surface area contributed by atoms with Gasteiger partial charge in [0, 0.05) is 32.1 Å². The third-order valence-electron chi connectivity index (χ3n) is 4.60. The number of hydrogen-bond acceptors (Lipinski definition) is 3. The van der Waals surface area contributed by atoms with Gasteiger partial charge in [-0.2, -0.15) is 0 Å². The maximum atomic E-state index is 12.7. The van der Waals surface area contributed by atoms with Crippen molar-refractivity contribution in [2.45, 2.75) is 26.2 Å². The van der Waals surface area contributed by atoms with Crippen molar-refractivity contribution < 1.29 is 4.79 Å². The Labute approximate surface area is 114 Å². The molecule has 3 rings (SSSR count). The van der Waals surface area contributed by atoms with Gasteiger partial charge in [-0.15, -0.1) is 0 Å². The number of carbonyl (C=O) groups excluding carboxylic acids is 1. The minimum atomic E-state index is 0.142. The molecule has 3 heterocycles. The van der Waals surface area contributed by atoms with E-state index in [1.807, 2.05) is 23.4 Å². The molecule has 19 heavy (non-hydrogen) atoms. The van der Waals surface area contributed by atoms with E-state index in [9.17, 15) is 4.79 Å². The molecule has 1 atom stereocenters. The predicted molar refractivity (Wildman–Crippen MR) is 73.0 cm³/mol. The zero-order valence-electron chi connectivity index (χ0n) is 11.8. The fraction of sp³-hybridized carbons (Fsp3) is 0.714. The van der Waals surface area contributed by atoms with Crippen LogP contribution in [0.1, 0.15) is 35.4 Å². The molecule has 1 aromatic heterocycles. The van der Waals surface area contributed by atoms with E-state index in [1.165, 1.54) is 12.8 Å². The molecule has 2 aliphatic rings. The Morgan fingerprint density at radius 3 is 2.95 bits per heavy atom. The molecular weight excluding hydrogens is 240 g/mol. The third kappa shape index (κ3) is 2.16. The van der Waals surface area contributed by atoms with Crippen molar-refractivity contribution in [1.29, 1.82) is 0 Å². The Morgan fingerprint density at radius 2 is 2.32 bits per heavy atom. The average Bonchev–Trinajstić information content (AvgIpc) is 2.97. The van der Waals surface area contributed by atoms with Gasteiger partial charge in [0.05, 0.1) is 12.0 Å². The van der Waals surface area contributed by atoms with E-state index in [0.29, 0.717) is 5.41 Å². The highest BCUT2D eigenvalue weighted by atomic mass is 16.2. The molecule has 0 radical (unpaired) electrons. The van der Waals surface area contributed by atoms with Gasteiger partial charge in [0.25, 0.3) is 5.91 Å². The first kappa shape index (κ1) is 12.7. The van der Waals surface area contributed by atoms with Crippen molar-refractivity contribution in [3.05, 3.63) is 17.7 Å². The maximum absolute atomic E-state index is 12.7. The summed E-state index contributed by atoms with van der Waals surface area (Å²) in [4.78, 5) is 18.9. The van der Waals surface area contributed by atoms with E-state index < -0.39 is 0 Å². The van der Waals surface area contributed by atoms with Gasteiger partial charge in [0.1, 0.15) is 5.69 Å². The van der Waals surface area contributed by atoms with Crippen LogP contribution < -0.4 is 5.32 Å². The highest BCUT2D eigenvalue weighted by molar-refractivity contribution is 5.93. The van der Waals surface area contributed by atoms with Gasteiger partial charge < -0.3 is 14.8 Å². The summed E-state index contributed by atoms with van der Waals surface area (Å²) in [5.41, 5.74) is 1.89. The second-order valence-corrected chi connectivity index (χ2v) is 6.05. The topological polar surface area (TPSA) is 50.2 Å². The lowest BCUT2D eigenvalue weighted by Crippen LogP contribution is -2.47. The number of aromatic nitrogens is 2. The van der Waals surface area contributed by atoms with Crippen LogP contribution >= 0.6 is 0 Å². The maximum Gasteiger partial charge on any atom is 0.272 e. The van der Waals surface area contributed by atoms with Crippen molar-refractivity contribution in [3.8, 4) is 0 Å². The summed E-state index contributed by atoms with van der Waals surface area (Å²) in [5.74, 6) is 0.142. The molecule has 1 N–H and O–H groups in total. The minimum absolute atomic E-state index is 0.142. The summed E-state index contributed by atoms with van der Waals surface area (Å²) in [5, 5.41) is 3.44. The first-order chi connectivity index (χ1) is 9.11. The van der Waals surface area contributed by atoms with Gasteiger partial charge in [-0.1, -0.05) is 0 Å². The molecule has 5 nitrogen and oxygen atoms in total. The van der Waals surface area contributed by atoms with Crippen LogP contribution in [0.3, 0.4) is 0 Å². The summed E-state index contributed by atoms with van der Waals surface area (Å²) in [6.07, 6.45) is 5.28. The molecule has 1 spiro atoms. The van der Waals surface area contributed by atoms with Crippen LogP contribution in [-0.4, -0.2) is 46.5 Å². The van der Waals surface area contributed by atoms with Crippen LogP contribution in [0.25, 0.3) is 0 Å². The van der Waals surface area contributed by atoms with Gasteiger partial charge in [-0.3, -0.25) is 4.79 Å². The SMILES string of the molecule is Cc1ncn(C)c1C(=O)N1CCC[C@]2(CCNC2)C1. The Balaban J connectivity index is 1.80. The summed E-state index contributed by atoms with van der Waals surface area (Å²) in [6.45, 7) is 5.83. The second kappa shape index (κ2) is 4.63. The molecule has 2 fully saturated rings. The van der Waals surface area contributed by atoms with Crippen molar-refractivity contribution in [2.24, 2.45) is 12.5 Å². The first-order valence-electron chi connectivity index (χ1n) is 7.09. The van der Waals surface area contributed by atoms with E-state index in [0.717, 1.165) is 44.0 Å². The monoisotopic (exact) mass is 262 g/mol. The Bertz CT molecular complexity index is 468. The fourth-order valence-corrected chi connectivity index (χ4v) is 3.53. The number of aryl methyl sites for hydroxylation is 2. The molecule has 0 aliphatic carbocycles. The predicted octanol–water partition coefficient (Wildman–Crippen LogP) is 0.944. The lowest BCUT2D eigenvalue weighted by atomic mass is 9.79. The van der Waals surface area contributed by atoms with E-state index in [-0.39, 0.29) is 5.91 Å². The molecule has 2 aliphatic heterocycles. The van der Waals surface area contributed by atoms with E-state index in [4.69, 9.17) is 0 Å². The fourth-order valence-electron chi connectivity index (χ4n) is 3.53. The molecule has 104 valence electrons. The summed E-state index contributed by atoms with van der Waals surface area (Å²) >= 11 is 0. The lowest BCUT2D eigenvalue weighted by molar-refractivity contribution is 0.0543. The number of likely N-dealkylation sites (tertiary alicyclic amines) is 1. The van der Waals surface area contributed by atoms with Crippen molar-refractivity contribution in [1.82, 2.24) is 19.8 Å². The van der Waals surface area contributed by atoms with Gasteiger partial charge in [0.2, 0.25) is 0 Å². The van der Waals surface area contributed by atoms with E-state index in [1.54, 1.807) is 6.33 Å². The Morgan fingerprint density at radius 1 is 1.47 bits per heavy atom. The standard InChI is InChI=1S/C14H22N4O/c1-11-12(17(2)10-16-11)13(19)18-7-3-4-14(9-18)5-6-15-8-14/h10,15H,3-9H2,1-2H3/t14-/m1/s1. The quantitative estimate of drug-likeness (QED) is 0.819. The zero-order valence-corrected chi connectivity index (χ0v) is 11.8. The van der Waals surface area contributed by atoms with Crippen LogP contribution in [0, 0.1) is 12.3 Å². The van der Waals surface area contributed by atoms with Crippen LogP contribution in [0.5, 0.6) is 0 Å². The smallest absolute Gasteiger partial charge is 0.272 e. The number of rotatable bonds is 1. The van der Waals surface area contributed by atoms with E-state index in [2.05, 4.69) is 10.3 Å². The minimum Gasteiger partial charge on any atom is -0.337 e. The van der Waals surface area contributed by atoms with Crippen molar-refractivity contribution in [3.63, 3.8) is 0 Å². The van der Waals surface area contributed by atoms with Gasteiger partial charge >= 0.3 is 0 Å². The normalized spacial score (nSPS) is 27.2. The van der Waals surface area contributed by atoms with Gasteiger partial charge in [0.15, 0.2) is 0 Å². The molecule has 0 aromatic carbocycles. The van der Waals surface area contributed by atoms with Crippen LogP contribution in [0.15, 0.2) is 6.33 Å². The Hall–Kier alpha value is -1.36. The summed E-state index contributed by atoms with van der Waals surface area (Å²) in [6, 6.07) is 0. The van der Waals surface area contributed by atoms with E-state index >= 15 is 0 Å². The average molecular weight is 262 g/mol. The molecule has 5 heteroatoms. The van der Waals surface area contributed by atoms with Crippen LogP contribution in [0.2, 0.25) is 0 Å². The second-order valence-electron chi connectivity index (χ2n) is 6.05. The number of imidazole rings is 1. The van der Waals surface area contributed by atoms with Crippen LogP contribution in [0.4, 0.5) is 0 Å². The Kier molecular flexibility index (Phi) is 3.09. The molecule has 1 amide bonds. The highest BCUT2D eigenvalue weighted by Gasteiger charge is 2.40. The number of amides is 1. The molecule has 2 saturated heterocycles. The number of hydrogen-bond donors (Lipinski definition) is 1. The number of nitrogens with zero attached hydrogens (tertiary/aromatic N) is 3. The molecule has 1 aromatic rings.